The second-order valence-electron chi connectivity index (χ2n) is 2.82. The Morgan fingerprint density at radius 3 is 3.18 bits per heavy atom. The molecule has 1 aromatic rings. The number of aliphatic hydroxyl groups is 1. The molecule has 0 aliphatic carbocycles. The molecular weight excluding hydrogens is 142 g/mol. The Morgan fingerprint density at radius 1 is 1.73 bits per heavy atom. The molecule has 0 amide bonds. The molecule has 1 aliphatic heterocycles. The molecule has 1 unspecified atom stereocenters. The molecule has 0 aromatic carbocycles. The maximum Gasteiger partial charge on any atom is 0.150 e. The second-order valence-corrected chi connectivity index (χ2v) is 2.82. The SMILES string of the molecule is OC1CCN(c2cc[nH]n2)C1. The number of aromatic amines is 1. The van der Waals surface area contributed by atoms with Crippen molar-refractivity contribution in [3.05, 3.63) is 12.3 Å². The van der Waals surface area contributed by atoms with Crippen molar-refractivity contribution in [2.45, 2.75) is 12.5 Å². The lowest BCUT2D eigenvalue weighted by atomic mass is 10.3. The van der Waals surface area contributed by atoms with E-state index in [0.29, 0.717) is 6.54 Å². The lowest BCUT2D eigenvalue weighted by molar-refractivity contribution is 0.198. The minimum atomic E-state index is -0.174. The quantitative estimate of drug-likeness (QED) is 0.596. The van der Waals surface area contributed by atoms with Crippen LogP contribution in [0, 0.1) is 0 Å². The van der Waals surface area contributed by atoms with Crippen molar-refractivity contribution in [2.24, 2.45) is 0 Å². The number of H-pyrrole nitrogens is 1. The maximum absolute atomic E-state index is 9.22. The molecule has 1 aromatic heterocycles. The predicted molar refractivity (Wildman–Crippen MR) is 41.4 cm³/mol. The van der Waals surface area contributed by atoms with E-state index in [0.717, 1.165) is 18.8 Å². The third-order valence-corrected chi connectivity index (χ3v) is 1.97. The van der Waals surface area contributed by atoms with Crippen LogP contribution in [0.5, 0.6) is 0 Å². The zero-order chi connectivity index (χ0) is 7.68. The van der Waals surface area contributed by atoms with Crippen molar-refractivity contribution in [3.63, 3.8) is 0 Å². The number of aliphatic hydroxyl groups excluding tert-OH is 1. The van der Waals surface area contributed by atoms with Gasteiger partial charge in [0.05, 0.1) is 6.10 Å². The third kappa shape index (κ3) is 1.21. The minimum Gasteiger partial charge on any atom is -0.391 e. The molecule has 0 bridgehead atoms. The second kappa shape index (κ2) is 2.54. The first kappa shape index (κ1) is 6.67. The summed E-state index contributed by atoms with van der Waals surface area (Å²) in [7, 11) is 0. The molecule has 1 saturated heterocycles. The molecule has 1 atom stereocenters. The number of hydrogen-bond acceptors (Lipinski definition) is 3. The fourth-order valence-electron chi connectivity index (χ4n) is 1.38. The number of hydrogen-bond donors (Lipinski definition) is 2. The Labute approximate surface area is 64.8 Å². The zero-order valence-electron chi connectivity index (χ0n) is 6.20. The van der Waals surface area contributed by atoms with Crippen LogP contribution in [0.25, 0.3) is 0 Å². The van der Waals surface area contributed by atoms with Gasteiger partial charge in [-0.05, 0) is 6.42 Å². The van der Waals surface area contributed by atoms with E-state index in [1.54, 1.807) is 6.20 Å². The van der Waals surface area contributed by atoms with E-state index in [9.17, 15) is 5.11 Å². The van der Waals surface area contributed by atoms with Gasteiger partial charge in [0.1, 0.15) is 5.82 Å². The Hall–Kier alpha value is -1.03. The van der Waals surface area contributed by atoms with Gasteiger partial charge in [-0.3, -0.25) is 5.10 Å². The Bertz CT molecular complexity index is 222. The summed E-state index contributed by atoms with van der Waals surface area (Å²) in [4.78, 5) is 2.07. The molecule has 2 rings (SSSR count). The molecule has 1 fully saturated rings. The topological polar surface area (TPSA) is 52.1 Å². The van der Waals surface area contributed by atoms with Crippen LogP contribution in [-0.4, -0.2) is 34.5 Å². The van der Waals surface area contributed by atoms with E-state index in [1.165, 1.54) is 0 Å². The minimum absolute atomic E-state index is 0.174. The van der Waals surface area contributed by atoms with Crippen LogP contribution in [0.3, 0.4) is 0 Å². The van der Waals surface area contributed by atoms with Crippen LogP contribution in [0.1, 0.15) is 6.42 Å². The molecule has 2 heterocycles. The highest BCUT2D eigenvalue weighted by Crippen LogP contribution is 2.16. The predicted octanol–water partition coefficient (Wildman–Crippen LogP) is -0.0193. The van der Waals surface area contributed by atoms with Crippen molar-refractivity contribution < 1.29 is 5.11 Å². The average Bonchev–Trinajstić information content (AvgIpc) is 2.55. The molecule has 4 heteroatoms. The van der Waals surface area contributed by atoms with E-state index in [-0.39, 0.29) is 6.10 Å². The molecule has 0 spiro atoms. The van der Waals surface area contributed by atoms with Gasteiger partial charge < -0.3 is 10.0 Å². The van der Waals surface area contributed by atoms with Crippen LogP contribution in [0.2, 0.25) is 0 Å². The average molecular weight is 153 g/mol. The van der Waals surface area contributed by atoms with Gasteiger partial charge in [-0.15, -0.1) is 0 Å². The summed E-state index contributed by atoms with van der Waals surface area (Å²) < 4.78 is 0. The fourth-order valence-corrected chi connectivity index (χ4v) is 1.38. The molecule has 1 aliphatic rings. The number of nitrogens with one attached hydrogen (secondary N) is 1. The van der Waals surface area contributed by atoms with E-state index in [4.69, 9.17) is 0 Å². The fraction of sp³-hybridized carbons (Fsp3) is 0.571. The van der Waals surface area contributed by atoms with Crippen LogP contribution in [-0.2, 0) is 0 Å². The van der Waals surface area contributed by atoms with E-state index < -0.39 is 0 Å². The van der Waals surface area contributed by atoms with Crippen LogP contribution < -0.4 is 4.90 Å². The van der Waals surface area contributed by atoms with Gasteiger partial charge in [0, 0.05) is 25.4 Å². The van der Waals surface area contributed by atoms with Gasteiger partial charge in [-0.25, -0.2) is 0 Å². The highest BCUT2D eigenvalue weighted by Gasteiger charge is 2.20. The number of rotatable bonds is 1. The molecule has 4 nitrogen and oxygen atoms in total. The number of β-amino-alcohol motifs (C(OH)–C–C–N with tert-alkyl or cyclic N) is 1. The van der Waals surface area contributed by atoms with Crippen LogP contribution in [0.4, 0.5) is 5.82 Å². The number of anilines is 1. The summed E-state index contributed by atoms with van der Waals surface area (Å²) in [6.45, 7) is 1.62. The highest BCUT2D eigenvalue weighted by molar-refractivity contribution is 5.37. The Kier molecular flexibility index (Phi) is 1.54. The first-order valence-corrected chi connectivity index (χ1v) is 3.79. The van der Waals surface area contributed by atoms with Crippen molar-refractivity contribution in [1.29, 1.82) is 0 Å². The lowest BCUT2D eigenvalue weighted by Gasteiger charge is -2.12. The van der Waals surface area contributed by atoms with Gasteiger partial charge in [0.2, 0.25) is 0 Å². The molecule has 0 saturated carbocycles. The van der Waals surface area contributed by atoms with Crippen LogP contribution in [0.15, 0.2) is 12.3 Å². The highest BCUT2D eigenvalue weighted by atomic mass is 16.3. The molecule has 11 heavy (non-hydrogen) atoms. The zero-order valence-corrected chi connectivity index (χ0v) is 6.20. The first-order chi connectivity index (χ1) is 5.36. The molecular formula is C7H11N3O. The van der Waals surface area contributed by atoms with Gasteiger partial charge >= 0.3 is 0 Å². The molecule has 60 valence electrons. The first-order valence-electron chi connectivity index (χ1n) is 3.79. The van der Waals surface area contributed by atoms with E-state index in [1.807, 2.05) is 6.07 Å². The summed E-state index contributed by atoms with van der Waals surface area (Å²) in [5.74, 6) is 0.932. The molecule has 0 radical (unpaired) electrons. The Morgan fingerprint density at radius 2 is 2.64 bits per heavy atom. The van der Waals surface area contributed by atoms with Gasteiger partial charge in [0.25, 0.3) is 0 Å². The van der Waals surface area contributed by atoms with Crippen molar-refractivity contribution in [2.75, 3.05) is 18.0 Å². The lowest BCUT2D eigenvalue weighted by Crippen LogP contribution is -2.21. The summed E-state index contributed by atoms with van der Waals surface area (Å²) in [5.41, 5.74) is 0. The standard InChI is InChI=1S/C7H11N3O/c11-6-2-4-10(5-6)7-1-3-8-9-7/h1,3,6,11H,2,4-5H2,(H,8,9). The smallest absolute Gasteiger partial charge is 0.150 e. The summed E-state index contributed by atoms with van der Waals surface area (Å²) in [6, 6.07) is 1.91. The monoisotopic (exact) mass is 153 g/mol. The summed E-state index contributed by atoms with van der Waals surface area (Å²) >= 11 is 0. The summed E-state index contributed by atoms with van der Waals surface area (Å²) in [5, 5.41) is 16.0. The third-order valence-electron chi connectivity index (χ3n) is 1.97. The van der Waals surface area contributed by atoms with Gasteiger partial charge in [-0.1, -0.05) is 0 Å². The maximum atomic E-state index is 9.22. The van der Waals surface area contributed by atoms with Crippen molar-refractivity contribution in [1.82, 2.24) is 10.2 Å². The normalized spacial score (nSPS) is 24.5. The summed E-state index contributed by atoms with van der Waals surface area (Å²) in [6.07, 6.45) is 2.47. The van der Waals surface area contributed by atoms with E-state index in [2.05, 4.69) is 15.1 Å². The van der Waals surface area contributed by atoms with Crippen molar-refractivity contribution in [3.8, 4) is 0 Å². The number of nitrogens with zero attached hydrogens (tertiary/aromatic N) is 2. The van der Waals surface area contributed by atoms with E-state index >= 15 is 0 Å². The van der Waals surface area contributed by atoms with Crippen molar-refractivity contribution >= 4 is 5.82 Å². The molecule has 2 N–H and O–H groups in total. The number of aromatic nitrogens is 2. The van der Waals surface area contributed by atoms with Crippen LogP contribution >= 0.6 is 0 Å². The van der Waals surface area contributed by atoms with Gasteiger partial charge in [0.15, 0.2) is 0 Å². The van der Waals surface area contributed by atoms with Gasteiger partial charge in [-0.2, -0.15) is 5.10 Å². The largest absolute Gasteiger partial charge is 0.391 e. The Balaban J connectivity index is 2.08.